The molecule has 1 rings (SSSR count). The molecule has 5 nitrogen and oxygen atoms in total. The molecule has 0 aromatic heterocycles. The minimum atomic E-state index is -0.00189. The Morgan fingerprint density at radius 1 is 1.22 bits per heavy atom. The first kappa shape index (κ1) is 21.8. The smallest absolute Gasteiger partial charge is 0.191 e. The lowest BCUT2D eigenvalue weighted by molar-refractivity contribution is 0.311. The van der Waals surface area contributed by atoms with Crippen molar-refractivity contribution in [2.45, 2.75) is 39.7 Å². The van der Waals surface area contributed by atoms with Crippen molar-refractivity contribution in [3.63, 3.8) is 0 Å². The fraction of sp³-hybridized carbons (Fsp3) is 0.588. The summed E-state index contributed by atoms with van der Waals surface area (Å²) in [4.78, 5) is 4.55. The van der Waals surface area contributed by atoms with Gasteiger partial charge in [0.05, 0.1) is 13.7 Å². The maximum absolute atomic E-state index is 5.70. The van der Waals surface area contributed by atoms with Gasteiger partial charge in [0, 0.05) is 31.1 Å². The van der Waals surface area contributed by atoms with Gasteiger partial charge >= 0.3 is 0 Å². The van der Waals surface area contributed by atoms with Crippen LogP contribution in [0.5, 0.6) is 11.5 Å². The van der Waals surface area contributed by atoms with E-state index in [4.69, 9.17) is 9.47 Å². The summed E-state index contributed by atoms with van der Waals surface area (Å²) in [6.45, 7) is 10.6. The SMILES string of the molecule is CCNC(=NCCCOc1cccc(OC)c1)NC(C)(C)C.I. The van der Waals surface area contributed by atoms with E-state index < -0.39 is 0 Å². The number of nitrogens with one attached hydrogen (secondary N) is 2. The highest BCUT2D eigenvalue weighted by Crippen LogP contribution is 2.18. The summed E-state index contributed by atoms with van der Waals surface area (Å²) in [7, 11) is 1.65. The van der Waals surface area contributed by atoms with Crippen molar-refractivity contribution < 1.29 is 9.47 Å². The fourth-order valence-electron chi connectivity index (χ4n) is 1.80. The van der Waals surface area contributed by atoms with E-state index in [1.54, 1.807) is 7.11 Å². The van der Waals surface area contributed by atoms with Crippen LogP contribution in [0.3, 0.4) is 0 Å². The second-order valence-electron chi connectivity index (χ2n) is 6.02. The number of halogens is 1. The predicted octanol–water partition coefficient (Wildman–Crippen LogP) is 3.44. The average molecular weight is 435 g/mol. The van der Waals surface area contributed by atoms with Gasteiger partial charge in [-0.05, 0) is 39.8 Å². The van der Waals surface area contributed by atoms with E-state index in [2.05, 4.69) is 43.3 Å². The van der Waals surface area contributed by atoms with Gasteiger partial charge in [-0.3, -0.25) is 4.99 Å². The molecular weight excluding hydrogens is 405 g/mol. The van der Waals surface area contributed by atoms with E-state index in [1.165, 1.54) is 0 Å². The third-order valence-corrected chi connectivity index (χ3v) is 2.72. The largest absolute Gasteiger partial charge is 0.497 e. The lowest BCUT2D eigenvalue weighted by Crippen LogP contribution is -2.47. The molecule has 0 aliphatic heterocycles. The zero-order chi connectivity index (χ0) is 16.4. The number of ether oxygens (including phenoxy) is 2. The van der Waals surface area contributed by atoms with Crippen LogP contribution in [0, 0.1) is 0 Å². The number of rotatable bonds is 7. The number of hydrogen-bond acceptors (Lipinski definition) is 3. The highest BCUT2D eigenvalue weighted by molar-refractivity contribution is 14.0. The van der Waals surface area contributed by atoms with E-state index in [0.717, 1.165) is 37.0 Å². The Bertz CT molecular complexity index is 473. The van der Waals surface area contributed by atoms with Crippen molar-refractivity contribution in [3.05, 3.63) is 24.3 Å². The third-order valence-electron chi connectivity index (χ3n) is 2.72. The zero-order valence-corrected chi connectivity index (χ0v) is 17.1. The van der Waals surface area contributed by atoms with Crippen LogP contribution in [0.25, 0.3) is 0 Å². The maximum atomic E-state index is 5.70. The number of hydrogen-bond donors (Lipinski definition) is 2. The van der Waals surface area contributed by atoms with Crippen molar-refractivity contribution in [1.29, 1.82) is 0 Å². The fourth-order valence-corrected chi connectivity index (χ4v) is 1.80. The monoisotopic (exact) mass is 435 g/mol. The topological polar surface area (TPSA) is 54.9 Å². The first-order valence-corrected chi connectivity index (χ1v) is 7.78. The Balaban J connectivity index is 0.00000484. The average Bonchev–Trinajstić information content (AvgIpc) is 2.45. The molecule has 0 saturated heterocycles. The Hall–Kier alpha value is -1.18. The van der Waals surface area contributed by atoms with Crippen LogP contribution in [0.2, 0.25) is 0 Å². The molecule has 0 heterocycles. The molecule has 0 unspecified atom stereocenters. The Morgan fingerprint density at radius 3 is 2.52 bits per heavy atom. The first-order valence-electron chi connectivity index (χ1n) is 7.78. The summed E-state index contributed by atoms with van der Waals surface area (Å²) >= 11 is 0. The molecule has 132 valence electrons. The maximum Gasteiger partial charge on any atom is 0.191 e. The lowest BCUT2D eigenvalue weighted by atomic mass is 10.1. The molecule has 2 N–H and O–H groups in total. The molecule has 1 aromatic carbocycles. The summed E-state index contributed by atoms with van der Waals surface area (Å²) < 4.78 is 10.9. The van der Waals surface area contributed by atoms with Crippen LogP contribution in [0.15, 0.2) is 29.3 Å². The van der Waals surface area contributed by atoms with Crippen molar-refractivity contribution in [1.82, 2.24) is 10.6 Å². The van der Waals surface area contributed by atoms with E-state index in [0.29, 0.717) is 6.61 Å². The Kier molecular flexibility index (Phi) is 10.8. The van der Waals surface area contributed by atoms with Crippen molar-refractivity contribution in [2.24, 2.45) is 4.99 Å². The highest BCUT2D eigenvalue weighted by Gasteiger charge is 2.11. The zero-order valence-electron chi connectivity index (χ0n) is 14.8. The summed E-state index contributed by atoms with van der Waals surface area (Å²) in [6.07, 6.45) is 0.859. The molecule has 1 aromatic rings. The summed E-state index contributed by atoms with van der Waals surface area (Å²) in [5.41, 5.74) is -0.00189. The summed E-state index contributed by atoms with van der Waals surface area (Å²) in [5, 5.41) is 6.61. The minimum Gasteiger partial charge on any atom is -0.497 e. The normalized spacial score (nSPS) is 11.4. The summed E-state index contributed by atoms with van der Waals surface area (Å²) in [6, 6.07) is 7.63. The first-order chi connectivity index (χ1) is 10.4. The van der Waals surface area contributed by atoms with E-state index in [1.807, 2.05) is 24.3 Å². The number of nitrogens with zero attached hydrogens (tertiary/aromatic N) is 1. The van der Waals surface area contributed by atoms with Crippen LogP contribution in [0.1, 0.15) is 34.1 Å². The van der Waals surface area contributed by atoms with E-state index in [9.17, 15) is 0 Å². The molecule has 0 radical (unpaired) electrons. The van der Waals surface area contributed by atoms with Crippen molar-refractivity contribution in [3.8, 4) is 11.5 Å². The van der Waals surface area contributed by atoms with Gasteiger partial charge in [0.2, 0.25) is 0 Å². The number of aliphatic imine (C=N–C) groups is 1. The minimum absolute atomic E-state index is 0. The molecule has 0 atom stereocenters. The summed E-state index contributed by atoms with van der Waals surface area (Å²) in [5.74, 6) is 2.47. The van der Waals surface area contributed by atoms with Crippen molar-refractivity contribution in [2.75, 3.05) is 26.8 Å². The Labute approximate surface area is 157 Å². The van der Waals surface area contributed by atoms with Crippen molar-refractivity contribution >= 4 is 29.9 Å². The standard InChI is InChI=1S/C17H29N3O2.HI/c1-6-18-16(20-17(2,3)4)19-11-8-12-22-15-10-7-9-14(13-15)21-5;/h7,9-10,13H,6,8,11-12H2,1-5H3,(H2,18,19,20);1H. The molecule has 0 bridgehead atoms. The van der Waals surface area contributed by atoms with Gasteiger partial charge in [-0.15, -0.1) is 24.0 Å². The van der Waals surface area contributed by atoms with Crippen LogP contribution in [-0.4, -0.2) is 38.3 Å². The molecule has 0 aliphatic rings. The van der Waals surface area contributed by atoms with Crippen LogP contribution < -0.4 is 20.1 Å². The van der Waals surface area contributed by atoms with Gasteiger partial charge < -0.3 is 20.1 Å². The van der Waals surface area contributed by atoms with Gasteiger partial charge in [0.15, 0.2) is 5.96 Å². The number of methoxy groups -OCH3 is 1. The molecule has 23 heavy (non-hydrogen) atoms. The molecule has 0 aliphatic carbocycles. The number of benzene rings is 1. The van der Waals surface area contributed by atoms with Gasteiger partial charge in [-0.1, -0.05) is 6.07 Å². The second kappa shape index (κ2) is 11.4. The van der Waals surface area contributed by atoms with Gasteiger partial charge in [-0.25, -0.2) is 0 Å². The molecule has 0 amide bonds. The van der Waals surface area contributed by atoms with Crippen LogP contribution >= 0.6 is 24.0 Å². The van der Waals surface area contributed by atoms with E-state index >= 15 is 0 Å². The second-order valence-corrected chi connectivity index (χ2v) is 6.02. The van der Waals surface area contributed by atoms with Gasteiger partial charge in [0.1, 0.15) is 11.5 Å². The quantitative estimate of drug-likeness (QED) is 0.298. The molecule has 0 fully saturated rings. The lowest BCUT2D eigenvalue weighted by Gasteiger charge is -2.23. The van der Waals surface area contributed by atoms with Gasteiger partial charge in [-0.2, -0.15) is 0 Å². The molecule has 0 spiro atoms. The van der Waals surface area contributed by atoms with Crippen LogP contribution in [0.4, 0.5) is 0 Å². The molecule has 6 heteroatoms. The Morgan fingerprint density at radius 2 is 1.91 bits per heavy atom. The molecular formula is C17H30IN3O2. The van der Waals surface area contributed by atoms with Crippen LogP contribution in [-0.2, 0) is 0 Å². The predicted molar refractivity (Wildman–Crippen MR) is 107 cm³/mol. The highest BCUT2D eigenvalue weighted by atomic mass is 127. The number of guanidine groups is 1. The van der Waals surface area contributed by atoms with E-state index in [-0.39, 0.29) is 29.5 Å². The van der Waals surface area contributed by atoms with Gasteiger partial charge in [0.25, 0.3) is 0 Å². The molecule has 0 saturated carbocycles. The third kappa shape index (κ3) is 10.3.